The van der Waals surface area contributed by atoms with Gasteiger partial charge in [-0.1, -0.05) is 36.4 Å². The summed E-state index contributed by atoms with van der Waals surface area (Å²) in [5.41, 5.74) is 2.79. The van der Waals surface area contributed by atoms with Gasteiger partial charge in [-0.25, -0.2) is 9.37 Å². The number of aromatic nitrogens is 2. The van der Waals surface area contributed by atoms with Crippen molar-refractivity contribution in [1.82, 2.24) is 9.97 Å². The lowest BCUT2D eigenvalue weighted by Gasteiger charge is -2.10. The van der Waals surface area contributed by atoms with Crippen LogP contribution in [0.2, 0.25) is 0 Å². The van der Waals surface area contributed by atoms with Gasteiger partial charge < -0.3 is 10.6 Å². The molecule has 24 heavy (non-hydrogen) atoms. The molecule has 3 aromatic rings. The maximum Gasteiger partial charge on any atom is 0.229 e. The molecule has 0 saturated carbocycles. The molecule has 0 fully saturated rings. The molecule has 0 aliphatic rings. The molecule has 1 heterocycles. The zero-order valence-electron chi connectivity index (χ0n) is 13.5. The van der Waals surface area contributed by atoms with Gasteiger partial charge in [-0.2, -0.15) is 4.98 Å². The van der Waals surface area contributed by atoms with Crippen LogP contribution in [0.1, 0.15) is 11.1 Å². The Morgan fingerprint density at radius 1 is 1.00 bits per heavy atom. The molecule has 3 rings (SSSR count). The molecule has 122 valence electrons. The van der Waals surface area contributed by atoms with Gasteiger partial charge in [-0.15, -0.1) is 0 Å². The minimum absolute atomic E-state index is 0.177. The predicted octanol–water partition coefficient (Wildman–Crippen LogP) is 4.32. The van der Waals surface area contributed by atoms with Crippen molar-refractivity contribution in [2.75, 3.05) is 17.2 Å². The van der Waals surface area contributed by atoms with E-state index in [-0.39, 0.29) is 5.82 Å². The first-order chi connectivity index (χ1) is 11.7. The van der Waals surface area contributed by atoms with Crippen LogP contribution in [0, 0.1) is 12.7 Å². The molecule has 0 unspecified atom stereocenters. The lowest BCUT2D eigenvalue weighted by atomic mass is 10.1. The molecule has 2 aromatic carbocycles. The van der Waals surface area contributed by atoms with Crippen molar-refractivity contribution in [2.45, 2.75) is 13.3 Å². The van der Waals surface area contributed by atoms with E-state index in [9.17, 15) is 4.39 Å². The van der Waals surface area contributed by atoms with Crippen molar-refractivity contribution in [2.24, 2.45) is 0 Å². The van der Waals surface area contributed by atoms with E-state index in [1.54, 1.807) is 24.4 Å². The summed E-state index contributed by atoms with van der Waals surface area (Å²) in [6.07, 6.45) is 2.29. The highest BCUT2D eigenvalue weighted by atomic mass is 19.1. The van der Waals surface area contributed by atoms with E-state index < -0.39 is 0 Å². The van der Waals surface area contributed by atoms with Crippen molar-refractivity contribution in [1.29, 1.82) is 0 Å². The number of nitrogens with zero attached hydrogens (tertiary/aromatic N) is 2. The van der Waals surface area contributed by atoms with Gasteiger partial charge in [0.25, 0.3) is 0 Å². The number of anilines is 3. The number of hydrogen-bond acceptors (Lipinski definition) is 4. The highest BCUT2D eigenvalue weighted by Crippen LogP contribution is 2.18. The van der Waals surface area contributed by atoms with Crippen molar-refractivity contribution >= 4 is 17.5 Å². The van der Waals surface area contributed by atoms with Crippen LogP contribution in [0.4, 0.5) is 21.8 Å². The lowest BCUT2D eigenvalue weighted by Crippen LogP contribution is -2.08. The highest BCUT2D eigenvalue weighted by Gasteiger charge is 2.03. The van der Waals surface area contributed by atoms with Crippen molar-refractivity contribution < 1.29 is 4.39 Å². The molecule has 0 radical (unpaired) electrons. The second kappa shape index (κ2) is 7.55. The average molecular weight is 322 g/mol. The fourth-order valence-electron chi connectivity index (χ4n) is 2.38. The van der Waals surface area contributed by atoms with Gasteiger partial charge in [0.2, 0.25) is 5.95 Å². The van der Waals surface area contributed by atoms with Gasteiger partial charge in [0.1, 0.15) is 11.6 Å². The summed E-state index contributed by atoms with van der Waals surface area (Å²) in [4.78, 5) is 8.67. The van der Waals surface area contributed by atoms with Crippen LogP contribution in [0.25, 0.3) is 0 Å². The Morgan fingerprint density at radius 3 is 2.62 bits per heavy atom. The van der Waals surface area contributed by atoms with E-state index >= 15 is 0 Å². The Labute approximate surface area is 140 Å². The molecule has 0 aliphatic heterocycles. The number of benzene rings is 2. The summed E-state index contributed by atoms with van der Waals surface area (Å²) in [5.74, 6) is 1.06. The Kier molecular flexibility index (Phi) is 5.01. The topological polar surface area (TPSA) is 49.8 Å². The zero-order valence-corrected chi connectivity index (χ0v) is 13.5. The Balaban J connectivity index is 1.61. The first-order valence-corrected chi connectivity index (χ1v) is 7.85. The summed E-state index contributed by atoms with van der Waals surface area (Å²) >= 11 is 0. The number of halogens is 1. The summed E-state index contributed by atoms with van der Waals surface area (Å²) < 4.78 is 13.6. The molecule has 5 heteroatoms. The third kappa shape index (κ3) is 4.07. The van der Waals surface area contributed by atoms with E-state index in [1.807, 2.05) is 37.3 Å². The SMILES string of the molecule is Cc1ccccc1Nc1nccc(NCCc2ccccc2F)n1. The monoisotopic (exact) mass is 322 g/mol. The zero-order chi connectivity index (χ0) is 16.8. The maximum absolute atomic E-state index is 13.6. The van der Waals surface area contributed by atoms with Crippen LogP contribution in [0.3, 0.4) is 0 Å². The first kappa shape index (κ1) is 15.9. The molecule has 0 spiro atoms. The maximum atomic E-state index is 13.6. The third-order valence-electron chi connectivity index (χ3n) is 3.71. The normalized spacial score (nSPS) is 10.4. The van der Waals surface area contributed by atoms with Gasteiger partial charge >= 0.3 is 0 Å². The standard InChI is InChI=1S/C19H19FN4/c1-14-6-2-5-9-17(14)23-19-22-13-11-18(24-19)21-12-10-15-7-3-4-8-16(15)20/h2-9,11,13H,10,12H2,1H3,(H2,21,22,23,24). The Hall–Kier alpha value is -2.95. The second-order valence-electron chi connectivity index (χ2n) is 5.47. The summed E-state index contributed by atoms with van der Waals surface area (Å²) in [6.45, 7) is 2.63. The first-order valence-electron chi connectivity index (χ1n) is 7.85. The van der Waals surface area contributed by atoms with Gasteiger partial charge in [0.15, 0.2) is 0 Å². The van der Waals surface area contributed by atoms with Crippen LogP contribution in [-0.2, 0) is 6.42 Å². The summed E-state index contributed by atoms with van der Waals surface area (Å²) in [5, 5.41) is 6.41. The van der Waals surface area contributed by atoms with E-state index in [2.05, 4.69) is 20.6 Å². The highest BCUT2D eigenvalue weighted by molar-refractivity contribution is 5.58. The van der Waals surface area contributed by atoms with Crippen LogP contribution in [0.5, 0.6) is 0 Å². The fraction of sp³-hybridized carbons (Fsp3) is 0.158. The quantitative estimate of drug-likeness (QED) is 0.709. The molecule has 0 bridgehead atoms. The van der Waals surface area contributed by atoms with Gasteiger partial charge in [0.05, 0.1) is 0 Å². The Morgan fingerprint density at radius 2 is 1.79 bits per heavy atom. The van der Waals surface area contributed by atoms with Crippen LogP contribution >= 0.6 is 0 Å². The van der Waals surface area contributed by atoms with Crippen LogP contribution in [0.15, 0.2) is 60.8 Å². The van der Waals surface area contributed by atoms with E-state index in [1.165, 1.54) is 6.07 Å². The van der Waals surface area contributed by atoms with Crippen molar-refractivity contribution in [3.8, 4) is 0 Å². The molecular formula is C19H19FN4. The molecule has 2 N–H and O–H groups in total. The summed E-state index contributed by atoms with van der Waals surface area (Å²) in [6, 6.07) is 16.6. The Bertz CT molecular complexity index is 820. The van der Waals surface area contributed by atoms with Crippen LogP contribution in [-0.4, -0.2) is 16.5 Å². The number of hydrogen-bond donors (Lipinski definition) is 2. The number of rotatable bonds is 6. The lowest BCUT2D eigenvalue weighted by molar-refractivity contribution is 0.610. The number of aryl methyl sites for hydroxylation is 1. The van der Waals surface area contributed by atoms with Crippen molar-refractivity contribution in [3.05, 3.63) is 77.7 Å². The molecule has 0 aliphatic carbocycles. The molecule has 0 saturated heterocycles. The molecule has 0 atom stereocenters. The average Bonchev–Trinajstić information content (AvgIpc) is 2.59. The fourth-order valence-corrected chi connectivity index (χ4v) is 2.38. The molecule has 4 nitrogen and oxygen atoms in total. The largest absolute Gasteiger partial charge is 0.370 e. The van der Waals surface area contributed by atoms with Crippen LogP contribution < -0.4 is 10.6 Å². The van der Waals surface area contributed by atoms with E-state index in [0.717, 1.165) is 11.3 Å². The van der Waals surface area contributed by atoms with E-state index in [4.69, 9.17) is 0 Å². The minimum Gasteiger partial charge on any atom is -0.370 e. The molecule has 0 amide bonds. The number of nitrogens with one attached hydrogen (secondary N) is 2. The molecule has 1 aromatic heterocycles. The van der Waals surface area contributed by atoms with Gasteiger partial charge in [-0.3, -0.25) is 0 Å². The summed E-state index contributed by atoms with van der Waals surface area (Å²) in [7, 11) is 0. The predicted molar refractivity (Wildman–Crippen MR) is 95.1 cm³/mol. The van der Waals surface area contributed by atoms with Gasteiger partial charge in [-0.05, 0) is 42.7 Å². The minimum atomic E-state index is -0.177. The smallest absolute Gasteiger partial charge is 0.229 e. The third-order valence-corrected chi connectivity index (χ3v) is 3.71. The molecular weight excluding hydrogens is 303 g/mol. The second-order valence-corrected chi connectivity index (χ2v) is 5.47. The van der Waals surface area contributed by atoms with Crippen molar-refractivity contribution in [3.63, 3.8) is 0 Å². The number of para-hydroxylation sites is 1. The van der Waals surface area contributed by atoms with Gasteiger partial charge in [0, 0.05) is 18.4 Å². The van der Waals surface area contributed by atoms with E-state index in [0.29, 0.717) is 30.3 Å².